The van der Waals surface area contributed by atoms with Gasteiger partial charge in [-0.1, -0.05) is 0 Å². The number of nitrogens with zero attached hydrogens (tertiary/aromatic N) is 2. The number of hydrogen-bond acceptors (Lipinski definition) is 2. The van der Waals surface area contributed by atoms with Gasteiger partial charge in [0.2, 0.25) is 11.8 Å². The molecule has 1 rings (SSSR count). The SMILES string of the molecule is CN1CCN(C(=O)CCl)CC1=O. The van der Waals surface area contributed by atoms with Crippen LogP contribution in [-0.4, -0.2) is 54.2 Å². The van der Waals surface area contributed by atoms with Gasteiger partial charge in [0.25, 0.3) is 0 Å². The summed E-state index contributed by atoms with van der Waals surface area (Å²) < 4.78 is 0. The van der Waals surface area contributed by atoms with E-state index in [1.165, 1.54) is 4.90 Å². The van der Waals surface area contributed by atoms with Crippen LogP contribution in [0, 0.1) is 0 Å². The molecule has 0 bridgehead atoms. The van der Waals surface area contributed by atoms with Crippen molar-refractivity contribution in [2.75, 3.05) is 32.6 Å². The van der Waals surface area contributed by atoms with Crippen LogP contribution in [0.1, 0.15) is 0 Å². The van der Waals surface area contributed by atoms with Crippen molar-refractivity contribution >= 4 is 23.4 Å². The fourth-order valence-electron chi connectivity index (χ4n) is 1.06. The maximum absolute atomic E-state index is 11.1. The molecule has 68 valence electrons. The summed E-state index contributed by atoms with van der Waals surface area (Å²) in [4.78, 5) is 25.2. The summed E-state index contributed by atoms with van der Waals surface area (Å²) in [5.74, 6) is -0.241. The molecule has 0 radical (unpaired) electrons. The van der Waals surface area contributed by atoms with Crippen LogP contribution in [-0.2, 0) is 9.59 Å². The first-order valence-electron chi connectivity index (χ1n) is 3.73. The average molecular weight is 191 g/mol. The number of alkyl halides is 1. The first-order chi connectivity index (χ1) is 5.65. The number of carbonyl (C=O) groups is 2. The van der Waals surface area contributed by atoms with E-state index in [4.69, 9.17) is 11.6 Å². The Labute approximate surface area is 76.1 Å². The van der Waals surface area contributed by atoms with Crippen molar-refractivity contribution < 1.29 is 9.59 Å². The molecule has 0 aromatic rings. The first-order valence-corrected chi connectivity index (χ1v) is 4.26. The lowest BCUT2D eigenvalue weighted by atomic mass is 10.3. The van der Waals surface area contributed by atoms with Crippen LogP contribution in [0.2, 0.25) is 0 Å². The second-order valence-electron chi connectivity index (χ2n) is 2.76. The third kappa shape index (κ3) is 1.88. The van der Waals surface area contributed by atoms with Crippen LogP contribution in [0.3, 0.4) is 0 Å². The fraction of sp³-hybridized carbons (Fsp3) is 0.714. The largest absolute Gasteiger partial charge is 0.342 e. The van der Waals surface area contributed by atoms with E-state index in [1.54, 1.807) is 11.9 Å². The molecule has 1 saturated heterocycles. The van der Waals surface area contributed by atoms with Gasteiger partial charge in [-0.05, 0) is 0 Å². The van der Waals surface area contributed by atoms with Crippen LogP contribution < -0.4 is 0 Å². The normalized spacial score (nSPS) is 18.3. The Kier molecular flexibility index (Phi) is 2.92. The Morgan fingerprint density at radius 2 is 2.25 bits per heavy atom. The molecule has 0 aliphatic carbocycles. The van der Waals surface area contributed by atoms with Crippen molar-refractivity contribution in [2.45, 2.75) is 0 Å². The number of amides is 2. The molecule has 0 N–H and O–H groups in total. The van der Waals surface area contributed by atoms with Crippen molar-refractivity contribution in [3.05, 3.63) is 0 Å². The zero-order chi connectivity index (χ0) is 9.14. The molecule has 1 fully saturated rings. The smallest absolute Gasteiger partial charge is 0.241 e. The van der Waals surface area contributed by atoms with E-state index in [0.29, 0.717) is 13.1 Å². The molecule has 0 saturated carbocycles. The highest BCUT2D eigenvalue weighted by atomic mass is 35.5. The lowest BCUT2D eigenvalue weighted by molar-refractivity contribution is -0.142. The molecule has 0 aromatic carbocycles. The Hall–Kier alpha value is -0.770. The minimum atomic E-state index is -0.168. The molecule has 0 aromatic heterocycles. The number of halogens is 1. The molecule has 1 aliphatic rings. The van der Waals surface area contributed by atoms with E-state index in [2.05, 4.69) is 0 Å². The highest BCUT2D eigenvalue weighted by Crippen LogP contribution is 2.01. The molecule has 1 aliphatic heterocycles. The first kappa shape index (κ1) is 9.32. The topological polar surface area (TPSA) is 40.6 Å². The second-order valence-corrected chi connectivity index (χ2v) is 3.03. The van der Waals surface area contributed by atoms with Gasteiger partial charge < -0.3 is 9.80 Å². The highest BCUT2D eigenvalue weighted by Gasteiger charge is 2.23. The lowest BCUT2D eigenvalue weighted by Crippen LogP contribution is -2.51. The van der Waals surface area contributed by atoms with Crippen LogP contribution in [0.5, 0.6) is 0 Å². The van der Waals surface area contributed by atoms with Gasteiger partial charge in [0.15, 0.2) is 0 Å². The van der Waals surface area contributed by atoms with Gasteiger partial charge in [-0.15, -0.1) is 11.6 Å². The molecule has 4 nitrogen and oxygen atoms in total. The Morgan fingerprint density at radius 1 is 1.58 bits per heavy atom. The van der Waals surface area contributed by atoms with E-state index in [-0.39, 0.29) is 24.2 Å². The number of hydrogen-bond donors (Lipinski definition) is 0. The molecule has 0 spiro atoms. The maximum Gasteiger partial charge on any atom is 0.241 e. The molecular weight excluding hydrogens is 180 g/mol. The zero-order valence-electron chi connectivity index (χ0n) is 6.92. The van der Waals surface area contributed by atoms with Crippen molar-refractivity contribution in [1.82, 2.24) is 9.80 Å². The van der Waals surface area contributed by atoms with Gasteiger partial charge >= 0.3 is 0 Å². The van der Waals surface area contributed by atoms with Gasteiger partial charge in [-0.3, -0.25) is 9.59 Å². The highest BCUT2D eigenvalue weighted by molar-refractivity contribution is 6.27. The fourth-order valence-corrected chi connectivity index (χ4v) is 1.22. The Morgan fingerprint density at radius 3 is 2.75 bits per heavy atom. The summed E-state index contributed by atoms with van der Waals surface area (Å²) in [6.45, 7) is 1.36. The molecule has 12 heavy (non-hydrogen) atoms. The van der Waals surface area contributed by atoms with Gasteiger partial charge in [-0.2, -0.15) is 0 Å². The Bertz CT molecular complexity index is 206. The number of rotatable bonds is 1. The van der Waals surface area contributed by atoms with Crippen molar-refractivity contribution in [1.29, 1.82) is 0 Å². The summed E-state index contributed by atoms with van der Waals surface area (Å²) >= 11 is 5.35. The number of piperazine rings is 1. The number of likely N-dealkylation sites (N-methyl/N-ethyl adjacent to an activating group) is 1. The predicted molar refractivity (Wildman–Crippen MR) is 44.9 cm³/mol. The van der Waals surface area contributed by atoms with Crippen LogP contribution in [0.25, 0.3) is 0 Å². The van der Waals surface area contributed by atoms with E-state index < -0.39 is 0 Å². The molecule has 2 amide bonds. The maximum atomic E-state index is 11.1. The van der Waals surface area contributed by atoms with E-state index in [9.17, 15) is 9.59 Å². The van der Waals surface area contributed by atoms with Gasteiger partial charge in [-0.25, -0.2) is 0 Å². The van der Waals surface area contributed by atoms with Gasteiger partial charge in [0, 0.05) is 20.1 Å². The number of carbonyl (C=O) groups excluding carboxylic acids is 2. The predicted octanol–water partition coefficient (Wildman–Crippen LogP) is -0.474. The quantitative estimate of drug-likeness (QED) is 0.525. The molecule has 0 unspecified atom stereocenters. The monoisotopic (exact) mass is 190 g/mol. The zero-order valence-corrected chi connectivity index (χ0v) is 7.67. The molecule has 0 atom stereocenters. The van der Waals surface area contributed by atoms with Crippen LogP contribution >= 0.6 is 11.6 Å². The van der Waals surface area contributed by atoms with E-state index in [0.717, 1.165) is 0 Å². The average Bonchev–Trinajstić information content (AvgIpc) is 2.08. The molecule has 1 heterocycles. The van der Waals surface area contributed by atoms with Crippen LogP contribution in [0.4, 0.5) is 0 Å². The molecule has 5 heteroatoms. The summed E-state index contributed by atoms with van der Waals surface area (Å²) in [7, 11) is 1.73. The van der Waals surface area contributed by atoms with Crippen molar-refractivity contribution in [3.8, 4) is 0 Å². The second kappa shape index (κ2) is 3.76. The van der Waals surface area contributed by atoms with Crippen LogP contribution in [0.15, 0.2) is 0 Å². The lowest BCUT2D eigenvalue weighted by Gasteiger charge is -2.31. The van der Waals surface area contributed by atoms with E-state index >= 15 is 0 Å². The third-order valence-corrected chi connectivity index (χ3v) is 2.15. The minimum absolute atomic E-state index is 0.0280. The summed E-state index contributed by atoms with van der Waals surface area (Å²) in [6, 6.07) is 0. The standard InChI is InChI=1S/C7H11ClN2O2/c1-9-2-3-10(5-7(9)12)6(11)4-8/h2-5H2,1H3. The summed E-state index contributed by atoms with van der Waals surface area (Å²) in [5.41, 5.74) is 0. The molecular formula is C7H11ClN2O2. The van der Waals surface area contributed by atoms with E-state index in [1.807, 2.05) is 0 Å². The van der Waals surface area contributed by atoms with Crippen molar-refractivity contribution in [3.63, 3.8) is 0 Å². The third-order valence-electron chi connectivity index (χ3n) is 1.92. The Balaban J connectivity index is 2.51. The summed E-state index contributed by atoms with van der Waals surface area (Å²) in [6.07, 6.45) is 0. The van der Waals surface area contributed by atoms with Gasteiger partial charge in [0.05, 0.1) is 6.54 Å². The van der Waals surface area contributed by atoms with Crippen molar-refractivity contribution in [2.24, 2.45) is 0 Å². The summed E-state index contributed by atoms with van der Waals surface area (Å²) in [5, 5.41) is 0. The minimum Gasteiger partial charge on any atom is -0.342 e. The van der Waals surface area contributed by atoms with Gasteiger partial charge in [0.1, 0.15) is 5.88 Å².